The molecule has 2 aliphatic heterocycles. The molecule has 220 valence electrons. The van der Waals surface area contributed by atoms with Crippen LogP contribution in [0.25, 0.3) is 0 Å². The maximum atomic E-state index is 14.0. The minimum atomic E-state index is -0.657. The van der Waals surface area contributed by atoms with Crippen molar-refractivity contribution in [2.75, 3.05) is 38.1 Å². The molecule has 3 heterocycles. The molecule has 3 aromatic rings. The van der Waals surface area contributed by atoms with Crippen molar-refractivity contribution < 1.29 is 27.9 Å². The third kappa shape index (κ3) is 6.38. The van der Waals surface area contributed by atoms with Gasteiger partial charge in [0, 0.05) is 56.8 Å². The molecule has 42 heavy (non-hydrogen) atoms. The molecule has 0 spiro atoms. The van der Waals surface area contributed by atoms with Crippen LogP contribution < -0.4 is 9.64 Å². The van der Waals surface area contributed by atoms with E-state index >= 15 is 0 Å². The molecule has 8 nitrogen and oxygen atoms in total. The molecule has 2 fully saturated rings. The monoisotopic (exact) mass is 596 g/mol. The summed E-state index contributed by atoms with van der Waals surface area (Å²) < 4.78 is 32.7. The Morgan fingerprint density at radius 1 is 1.00 bits per heavy atom. The molecular weight excluding hydrogens is 566 g/mol. The summed E-state index contributed by atoms with van der Waals surface area (Å²) in [5.41, 5.74) is 1.26. The second-order valence-corrected chi connectivity index (χ2v) is 11.2. The number of amides is 2. The fourth-order valence-electron chi connectivity index (χ4n) is 5.64. The summed E-state index contributed by atoms with van der Waals surface area (Å²) in [6.07, 6.45) is 2.17. The summed E-state index contributed by atoms with van der Waals surface area (Å²) in [6, 6.07) is 12.7. The quantitative estimate of drug-likeness (QED) is 0.347. The maximum absolute atomic E-state index is 14.0. The third-order valence-corrected chi connectivity index (χ3v) is 8.39. The Labute approximate surface area is 247 Å². The van der Waals surface area contributed by atoms with E-state index < -0.39 is 23.8 Å². The predicted octanol–water partition coefficient (Wildman–Crippen LogP) is 5.56. The number of anilines is 1. The predicted molar refractivity (Wildman–Crippen MR) is 154 cm³/mol. The van der Waals surface area contributed by atoms with Crippen LogP contribution in [0.3, 0.4) is 0 Å². The number of piperidine rings is 1. The fourth-order valence-corrected chi connectivity index (χ4v) is 5.82. The van der Waals surface area contributed by atoms with Crippen molar-refractivity contribution in [2.24, 2.45) is 5.92 Å². The van der Waals surface area contributed by atoms with Crippen LogP contribution in [-0.2, 0) is 4.79 Å². The topological polar surface area (TPSA) is 83.1 Å². The lowest BCUT2D eigenvalue weighted by molar-refractivity contribution is -0.135. The van der Waals surface area contributed by atoms with E-state index in [9.17, 15) is 23.2 Å². The lowest BCUT2D eigenvalue weighted by Crippen LogP contribution is -2.45. The molecule has 2 amide bonds. The number of ether oxygens (including phenoxy) is 1. The average Bonchev–Trinajstić information content (AvgIpc) is 3.44. The Bertz CT molecular complexity index is 1460. The Kier molecular flexibility index (Phi) is 8.72. The highest BCUT2D eigenvalue weighted by atomic mass is 35.5. The number of nitrogens with zero attached hydrogens (tertiary/aromatic N) is 4. The van der Waals surface area contributed by atoms with E-state index in [2.05, 4.69) is 9.88 Å². The zero-order chi connectivity index (χ0) is 30.0. The number of ketones is 1. The molecule has 0 bridgehead atoms. The van der Waals surface area contributed by atoms with Crippen LogP contribution in [0.2, 0.25) is 5.02 Å². The zero-order valence-corrected chi connectivity index (χ0v) is 24.1. The first-order chi connectivity index (χ1) is 20.1. The van der Waals surface area contributed by atoms with Gasteiger partial charge in [0.15, 0.2) is 5.78 Å². The van der Waals surface area contributed by atoms with Crippen LogP contribution in [0.4, 0.5) is 19.4 Å². The Balaban J connectivity index is 1.28. The van der Waals surface area contributed by atoms with Crippen molar-refractivity contribution in [2.45, 2.75) is 31.7 Å². The number of hydrogen-bond acceptors (Lipinski definition) is 6. The number of aromatic nitrogens is 1. The minimum Gasteiger partial charge on any atom is -0.410 e. The summed E-state index contributed by atoms with van der Waals surface area (Å²) in [6.45, 7) is 3.37. The number of carbonyl (C=O) groups is 3. The van der Waals surface area contributed by atoms with Crippen LogP contribution >= 0.6 is 11.6 Å². The third-order valence-electron chi connectivity index (χ3n) is 8.10. The first kappa shape index (κ1) is 29.4. The van der Waals surface area contributed by atoms with Crippen molar-refractivity contribution in [3.05, 3.63) is 88.6 Å². The van der Waals surface area contributed by atoms with Crippen molar-refractivity contribution in [1.82, 2.24) is 14.8 Å². The molecule has 1 aromatic heterocycles. The summed E-state index contributed by atoms with van der Waals surface area (Å²) in [5.74, 6) is -0.626. The van der Waals surface area contributed by atoms with Crippen molar-refractivity contribution in [1.29, 1.82) is 0 Å². The molecule has 0 saturated carbocycles. The number of benzene rings is 2. The van der Waals surface area contributed by atoms with Crippen molar-refractivity contribution in [3.63, 3.8) is 0 Å². The fraction of sp³-hybridized carbons (Fsp3) is 0.355. The summed E-state index contributed by atoms with van der Waals surface area (Å²) in [4.78, 5) is 48.1. The highest BCUT2D eigenvalue weighted by molar-refractivity contribution is 6.30. The molecule has 5 rings (SSSR count). The standard InChI is InChI=1S/C31H31ClF2N4O4/c1-19(39)22-4-10-29(35-16-22)37-13-11-20(12-14-37)30(40)38-17-25(21-3-9-27(34)26(32)15-21)28(18-38)36(2)31(41)42-24-7-5-23(33)6-8-24/h3-10,15-16,20,25,28H,11-14,17-18H2,1-2H3. The van der Waals surface area contributed by atoms with E-state index in [0.717, 1.165) is 5.82 Å². The zero-order valence-electron chi connectivity index (χ0n) is 23.3. The van der Waals surface area contributed by atoms with Gasteiger partial charge >= 0.3 is 6.09 Å². The summed E-state index contributed by atoms with van der Waals surface area (Å²) >= 11 is 6.09. The van der Waals surface area contributed by atoms with Crippen molar-refractivity contribution >= 4 is 35.2 Å². The molecule has 2 atom stereocenters. The number of likely N-dealkylation sites (tertiary alicyclic amines) is 1. The summed E-state index contributed by atoms with van der Waals surface area (Å²) in [5, 5.41) is -0.0371. The smallest absolute Gasteiger partial charge is 0.410 e. The van der Waals surface area contributed by atoms with Gasteiger partial charge in [-0.1, -0.05) is 17.7 Å². The van der Waals surface area contributed by atoms with Gasteiger partial charge in [0.1, 0.15) is 23.2 Å². The van der Waals surface area contributed by atoms with E-state index in [1.807, 2.05) is 6.07 Å². The number of Topliss-reactive ketones (excluding diaryl/α,β-unsaturated/α-hetero) is 1. The van der Waals surface area contributed by atoms with Gasteiger partial charge in [0.05, 0.1) is 11.1 Å². The van der Waals surface area contributed by atoms with Gasteiger partial charge in [-0.05, 0) is 73.9 Å². The molecule has 2 saturated heterocycles. The SMILES string of the molecule is CC(=O)c1ccc(N2CCC(C(=O)N3CC(c4ccc(F)c(Cl)c4)C(N(C)C(=O)Oc4ccc(F)cc4)C3)CC2)nc1. The second kappa shape index (κ2) is 12.4. The van der Waals surface area contributed by atoms with Crippen LogP contribution in [0.1, 0.15) is 41.6 Å². The Morgan fingerprint density at radius 2 is 1.71 bits per heavy atom. The maximum Gasteiger partial charge on any atom is 0.415 e. The highest BCUT2D eigenvalue weighted by Gasteiger charge is 2.42. The molecule has 2 aliphatic rings. The first-order valence-corrected chi connectivity index (χ1v) is 14.1. The molecule has 11 heteroatoms. The van der Waals surface area contributed by atoms with Gasteiger partial charge in [-0.25, -0.2) is 18.6 Å². The van der Waals surface area contributed by atoms with Gasteiger partial charge in [0.25, 0.3) is 0 Å². The Morgan fingerprint density at radius 3 is 2.33 bits per heavy atom. The lowest BCUT2D eigenvalue weighted by atomic mass is 9.93. The number of carbonyl (C=O) groups excluding carboxylic acids is 3. The minimum absolute atomic E-state index is 0.00412. The van der Waals surface area contributed by atoms with Gasteiger partial charge in [-0.3, -0.25) is 9.59 Å². The molecule has 0 N–H and O–H groups in total. The molecular formula is C31H31ClF2N4O4. The Hall–Kier alpha value is -4.05. The van der Waals surface area contributed by atoms with Crippen molar-refractivity contribution in [3.8, 4) is 5.75 Å². The number of likely N-dealkylation sites (N-methyl/N-ethyl adjacent to an activating group) is 1. The van der Waals surface area contributed by atoms with E-state index in [0.29, 0.717) is 43.6 Å². The molecule has 2 aromatic carbocycles. The summed E-state index contributed by atoms with van der Waals surface area (Å²) in [7, 11) is 1.59. The van der Waals surface area contributed by atoms with Crippen LogP contribution in [-0.4, -0.2) is 71.8 Å². The van der Waals surface area contributed by atoms with E-state index in [1.165, 1.54) is 48.2 Å². The number of halogens is 3. The number of hydrogen-bond donors (Lipinski definition) is 0. The van der Waals surface area contributed by atoms with Gasteiger partial charge < -0.3 is 19.4 Å². The van der Waals surface area contributed by atoms with E-state index in [-0.39, 0.29) is 40.8 Å². The van der Waals surface area contributed by atoms with Crippen LogP contribution in [0, 0.1) is 17.6 Å². The van der Waals surface area contributed by atoms with Gasteiger partial charge in [-0.15, -0.1) is 0 Å². The van der Waals surface area contributed by atoms with Gasteiger partial charge in [-0.2, -0.15) is 0 Å². The second-order valence-electron chi connectivity index (χ2n) is 10.7. The molecule has 2 unspecified atom stereocenters. The van der Waals surface area contributed by atoms with E-state index in [4.69, 9.17) is 16.3 Å². The largest absolute Gasteiger partial charge is 0.415 e. The number of rotatable bonds is 6. The van der Waals surface area contributed by atoms with Crippen LogP contribution in [0.5, 0.6) is 5.75 Å². The highest BCUT2D eigenvalue weighted by Crippen LogP contribution is 2.35. The average molecular weight is 597 g/mol. The lowest BCUT2D eigenvalue weighted by Gasteiger charge is -2.34. The first-order valence-electron chi connectivity index (χ1n) is 13.8. The number of pyridine rings is 1. The molecule has 0 radical (unpaired) electrons. The van der Waals surface area contributed by atoms with E-state index in [1.54, 1.807) is 30.3 Å². The van der Waals surface area contributed by atoms with Gasteiger partial charge in [0.2, 0.25) is 5.91 Å². The molecule has 0 aliphatic carbocycles. The normalized spacial score (nSPS) is 19.1. The van der Waals surface area contributed by atoms with Crippen LogP contribution in [0.15, 0.2) is 60.8 Å².